The molecular weight excluding hydrogens is 314 g/mol. The molecule has 0 aliphatic carbocycles. The Morgan fingerprint density at radius 1 is 1.12 bits per heavy atom. The zero-order valence-electron chi connectivity index (χ0n) is 15.6. The van der Waals surface area contributed by atoms with Gasteiger partial charge >= 0.3 is 0 Å². The zero-order chi connectivity index (χ0) is 17.6. The van der Waals surface area contributed by atoms with Crippen LogP contribution in [0, 0.1) is 0 Å². The highest BCUT2D eigenvalue weighted by atomic mass is 16.5. The average molecular weight is 343 g/mol. The van der Waals surface area contributed by atoms with Crippen LogP contribution in [0.3, 0.4) is 0 Å². The predicted octanol–water partition coefficient (Wildman–Crippen LogP) is 4.03. The van der Waals surface area contributed by atoms with Crippen LogP contribution in [0.25, 0.3) is 11.3 Å². The van der Waals surface area contributed by atoms with Crippen LogP contribution in [0.1, 0.15) is 44.9 Å². The van der Waals surface area contributed by atoms with Crippen LogP contribution in [0.4, 0.5) is 0 Å². The van der Waals surface area contributed by atoms with E-state index in [1.165, 1.54) is 17.7 Å². The quantitative estimate of drug-likeness (QED) is 0.786. The number of ether oxygens (including phenoxy) is 2. The van der Waals surface area contributed by atoms with Crippen LogP contribution in [0.15, 0.2) is 18.2 Å². The maximum Gasteiger partial charge on any atom is 0.161 e. The third-order valence-corrected chi connectivity index (χ3v) is 4.53. The summed E-state index contributed by atoms with van der Waals surface area (Å²) in [5.74, 6) is 1.61. The Bertz CT molecular complexity index is 696. The van der Waals surface area contributed by atoms with Crippen molar-refractivity contribution >= 4 is 0 Å². The smallest absolute Gasteiger partial charge is 0.161 e. The fourth-order valence-electron chi connectivity index (χ4n) is 3.35. The fourth-order valence-corrected chi connectivity index (χ4v) is 3.35. The number of aromatic nitrogens is 2. The molecule has 1 aliphatic rings. The first-order valence-electron chi connectivity index (χ1n) is 9.45. The van der Waals surface area contributed by atoms with Crippen molar-refractivity contribution in [3.8, 4) is 22.8 Å². The lowest BCUT2D eigenvalue weighted by atomic mass is 10.0. The van der Waals surface area contributed by atoms with Gasteiger partial charge < -0.3 is 9.47 Å². The van der Waals surface area contributed by atoms with E-state index in [9.17, 15) is 0 Å². The second-order valence-electron chi connectivity index (χ2n) is 6.50. The van der Waals surface area contributed by atoms with E-state index in [1.54, 1.807) is 0 Å². The van der Waals surface area contributed by atoms with E-state index in [0.717, 1.165) is 55.2 Å². The number of aromatic amines is 1. The van der Waals surface area contributed by atoms with Crippen molar-refractivity contribution < 1.29 is 9.47 Å². The second-order valence-corrected chi connectivity index (χ2v) is 6.50. The third-order valence-electron chi connectivity index (χ3n) is 4.53. The monoisotopic (exact) mass is 343 g/mol. The Kier molecular flexibility index (Phi) is 5.97. The Morgan fingerprint density at radius 2 is 2.00 bits per heavy atom. The van der Waals surface area contributed by atoms with Crippen molar-refractivity contribution in [2.24, 2.45) is 0 Å². The Labute approximate surface area is 150 Å². The molecule has 5 nitrogen and oxygen atoms in total. The molecule has 1 aromatic carbocycles. The van der Waals surface area contributed by atoms with Gasteiger partial charge in [0.1, 0.15) is 0 Å². The van der Waals surface area contributed by atoms with Gasteiger partial charge in [-0.1, -0.05) is 13.8 Å². The van der Waals surface area contributed by atoms with E-state index >= 15 is 0 Å². The molecule has 3 rings (SSSR count). The molecule has 2 heterocycles. The van der Waals surface area contributed by atoms with Crippen molar-refractivity contribution in [3.05, 3.63) is 29.5 Å². The number of benzene rings is 1. The van der Waals surface area contributed by atoms with Crippen LogP contribution < -0.4 is 9.47 Å². The summed E-state index contributed by atoms with van der Waals surface area (Å²) >= 11 is 0. The maximum absolute atomic E-state index is 5.81. The highest BCUT2D eigenvalue weighted by Crippen LogP contribution is 2.35. The summed E-state index contributed by atoms with van der Waals surface area (Å²) in [5.41, 5.74) is 4.72. The van der Waals surface area contributed by atoms with Gasteiger partial charge in [0, 0.05) is 36.3 Å². The number of hydrogen-bond acceptors (Lipinski definition) is 4. The van der Waals surface area contributed by atoms with Gasteiger partial charge in [0.15, 0.2) is 11.5 Å². The first kappa shape index (κ1) is 17.8. The number of H-pyrrole nitrogens is 1. The van der Waals surface area contributed by atoms with E-state index in [2.05, 4.69) is 41.1 Å². The predicted molar refractivity (Wildman–Crippen MR) is 100 cm³/mol. The van der Waals surface area contributed by atoms with Gasteiger partial charge in [-0.3, -0.25) is 10.00 Å². The molecule has 5 heteroatoms. The van der Waals surface area contributed by atoms with Gasteiger partial charge in [0.2, 0.25) is 0 Å². The van der Waals surface area contributed by atoms with E-state index in [-0.39, 0.29) is 0 Å². The van der Waals surface area contributed by atoms with Crippen LogP contribution in [0.5, 0.6) is 11.5 Å². The van der Waals surface area contributed by atoms with Crippen molar-refractivity contribution in [2.45, 2.75) is 46.6 Å². The van der Waals surface area contributed by atoms with E-state index in [4.69, 9.17) is 9.47 Å². The molecule has 0 atom stereocenters. The SMILES string of the molecule is CCCOc1ccc(-c2n[nH]c3c2CN(CCC)CC3)cc1OCC. The average Bonchev–Trinajstić information content (AvgIpc) is 3.04. The van der Waals surface area contributed by atoms with Crippen molar-refractivity contribution in [1.29, 1.82) is 0 Å². The molecule has 136 valence electrons. The molecule has 1 aliphatic heterocycles. The summed E-state index contributed by atoms with van der Waals surface area (Å²) in [5, 5.41) is 7.85. The van der Waals surface area contributed by atoms with Crippen molar-refractivity contribution in [2.75, 3.05) is 26.3 Å². The first-order valence-corrected chi connectivity index (χ1v) is 9.45. The minimum Gasteiger partial charge on any atom is -0.490 e. The summed E-state index contributed by atoms with van der Waals surface area (Å²) in [4.78, 5) is 2.50. The lowest BCUT2D eigenvalue weighted by molar-refractivity contribution is 0.254. The second kappa shape index (κ2) is 8.39. The van der Waals surface area contributed by atoms with Gasteiger partial charge in [-0.15, -0.1) is 0 Å². The van der Waals surface area contributed by atoms with Crippen LogP contribution >= 0.6 is 0 Å². The van der Waals surface area contributed by atoms with E-state index in [0.29, 0.717) is 13.2 Å². The molecule has 0 bridgehead atoms. The van der Waals surface area contributed by atoms with Crippen molar-refractivity contribution in [1.82, 2.24) is 15.1 Å². The molecular formula is C20H29N3O2. The molecule has 1 N–H and O–H groups in total. The number of rotatable bonds is 8. The maximum atomic E-state index is 5.81. The molecule has 0 unspecified atom stereocenters. The summed E-state index contributed by atoms with van der Waals surface area (Å²) < 4.78 is 11.6. The molecule has 0 saturated heterocycles. The Balaban J connectivity index is 1.89. The molecule has 2 aromatic rings. The highest BCUT2D eigenvalue weighted by molar-refractivity contribution is 5.68. The first-order chi connectivity index (χ1) is 12.3. The number of nitrogens with one attached hydrogen (secondary N) is 1. The van der Waals surface area contributed by atoms with Crippen LogP contribution in [0.2, 0.25) is 0 Å². The Hall–Kier alpha value is -2.01. The number of nitrogens with zero attached hydrogens (tertiary/aromatic N) is 2. The largest absolute Gasteiger partial charge is 0.490 e. The van der Waals surface area contributed by atoms with Gasteiger partial charge in [0.05, 0.1) is 18.9 Å². The van der Waals surface area contributed by atoms with Crippen LogP contribution in [-0.4, -0.2) is 41.4 Å². The fraction of sp³-hybridized carbons (Fsp3) is 0.550. The summed E-state index contributed by atoms with van der Waals surface area (Å²) in [6.07, 6.45) is 3.20. The van der Waals surface area contributed by atoms with Crippen LogP contribution in [-0.2, 0) is 13.0 Å². The third kappa shape index (κ3) is 3.98. The van der Waals surface area contributed by atoms with Gasteiger partial charge in [0.25, 0.3) is 0 Å². The van der Waals surface area contributed by atoms with Gasteiger partial charge in [-0.2, -0.15) is 5.10 Å². The van der Waals surface area contributed by atoms with Gasteiger partial charge in [-0.05, 0) is 44.5 Å². The number of hydrogen-bond donors (Lipinski definition) is 1. The standard InChI is InChI=1S/C20H29N3O2/c1-4-10-23-11-9-17-16(14-23)20(22-21-17)15-7-8-18(25-12-5-2)19(13-15)24-6-3/h7-8,13H,4-6,9-12,14H2,1-3H3,(H,21,22). The molecule has 0 saturated carbocycles. The molecule has 25 heavy (non-hydrogen) atoms. The Morgan fingerprint density at radius 3 is 2.76 bits per heavy atom. The minimum atomic E-state index is 0.620. The normalized spacial score (nSPS) is 14.4. The summed E-state index contributed by atoms with van der Waals surface area (Å²) in [6.45, 7) is 10.9. The van der Waals surface area contributed by atoms with E-state index in [1.807, 2.05) is 13.0 Å². The molecule has 0 spiro atoms. The van der Waals surface area contributed by atoms with E-state index < -0.39 is 0 Å². The summed E-state index contributed by atoms with van der Waals surface area (Å²) in [7, 11) is 0. The molecule has 0 radical (unpaired) electrons. The minimum absolute atomic E-state index is 0.620. The van der Waals surface area contributed by atoms with Gasteiger partial charge in [-0.25, -0.2) is 0 Å². The lowest BCUT2D eigenvalue weighted by Crippen LogP contribution is -2.31. The molecule has 0 amide bonds. The lowest BCUT2D eigenvalue weighted by Gasteiger charge is -2.26. The molecule has 0 fully saturated rings. The number of fused-ring (bicyclic) bond motifs is 1. The topological polar surface area (TPSA) is 50.4 Å². The highest BCUT2D eigenvalue weighted by Gasteiger charge is 2.23. The van der Waals surface area contributed by atoms with Crippen molar-refractivity contribution in [3.63, 3.8) is 0 Å². The molecule has 1 aromatic heterocycles. The summed E-state index contributed by atoms with van der Waals surface area (Å²) in [6, 6.07) is 6.15. The zero-order valence-corrected chi connectivity index (χ0v) is 15.6.